The molecule has 2 rings (SSSR count). The maximum absolute atomic E-state index is 13.9. The number of rotatable bonds is 8. The maximum atomic E-state index is 13.9. The van der Waals surface area contributed by atoms with E-state index in [0.29, 0.717) is 17.2 Å². The van der Waals surface area contributed by atoms with Gasteiger partial charge in [0.1, 0.15) is 10.9 Å². The van der Waals surface area contributed by atoms with E-state index in [0.717, 1.165) is 37.0 Å². The summed E-state index contributed by atoms with van der Waals surface area (Å²) in [4.78, 5) is 42.7. The fraction of sp³-hybridized carbons (Fsp3) is 0.654. The van der Waals surface area contributed by atoms with Crippen LogP contribution in [0, 0.1) is 29.1 Å². The summed E-state index contributed by atoms with van der Waals surface area (Å²) in [6, 6.07) is 0.776. The average Bonchev–Trinajstić information content (AvgIpc) is 3.19. The van der Waals surface area contributed by atoms with Crippen LogP contribution in [-0.4, -0.2) is 59.1 Å². The number of thiophene rings is 1. The molecule has 1 aromatic heterocycles. The van der Waals surface area contributed by atoms with Crippen LogP contribution in [0.25, 0.3) is 0 Å². The molecule has 1 fully saturated rings. The van der Waals surface area contributed by atoms with E-state index in [1.54, 1.807) is 13.1 Å². The van der Waals surface area contributed by atoms with Gasteiger partial charge in [0.2, 0.25) is 11.8 Å². The molecule has 7 nitrogen and oxygen atoms in total. The van der Waals surface area contributed by atoms with Crippen LogP contribution in [0.5, 0.6) is 0 Å². The van der Waals surface area contributed by atoms with Gasteiger partial charge in [-0.2, -0.15) is 0 Å². The van der Waals surface area contributed by atoms with Crippen molar-refractivity contribution in [2.24, 2.45) is 17.3 Å². The normalized spacial score (nSPS) is 19.0. The number of anilines is 1. The van der Waals surface area contributed by atoms with Crippen LogP contribution >= 0.6 is 11.3 Å². The molecule has 1 aliphatic rings. The van der Waals surface area contributed by atoms with E-state index in [9.17, 15) is 24.6 Å². The quantitative estimate of drug-likeness (QED) is 0.532. The summed E-state index contributed by atoms with van der Waals surface area (Å²) in [5.74, 6) is 4.78. The minimum atomic E-state index is -1.15. The number of likely N-dealkylation sites (N-methyl/N-ethyl adjacent to an activating group) is 1. The van der Waals surface area contributed by atoms with Gasteiger partial charge in [-0.3, -0.25) is 14.5 Å². The number of aliphatic hydroxyl groups is 1. The third-order valence-corrected chi connectivity index (χ3v) is 7.15. The molecule has 0 aliphatic heterocycles. The Bertz CT molecular complexity index is 945. The molecule has 1 aliphatic carbocycles. The Morgan fingerprint density at radius 3 is 2.32 bits per heavy atom. The summed E-state index contributed by atoms with van der Waals surface area (Å²) < 4.78 is 0. The molecule has 1 atom stereocenters. The number of amides is 2. The molecule has 0 aromatic carbocycles. The molecule has 0 saturated heterocycles. The van der Waals surface area contributed by atoms with Gasteiger partial charge in [0, 0.05) is 24.9 Å². The summed E-state index contributed by atoms with van der Waals surface area (Å²) in [5.41, 5.74) is -0.0338. The Kier molecular flexibility index (Phi) is 9.72. The Labute approximate surface area is 207 Å². The second-order valence-corrected chi connectivity index (χ2v) is 11.3. The Hall–Kier alpha value is -2.37. The van der Waals surface area contributed by atoms with E-state index in [-0.39, 0.29) is 46.9 Å². The van der Waals surface area contributed by atoms with E-state index < -0.39 is 12.0 Å². The van der Waals surface area contributed by atoms with Gasteiger partial charge in [0.05, 0.1) is 17.2 Å². The van der Waals surface area contributed by atoms with Gasteiger partial charge in [-0.05, 0) is 64.9 Å². The molecule has 2 N–H and O–H groups in total. The summed E-state index contributed by atoms with van der Waals surface area (Å²) >= 11 is 1.03. The number of hydrogen-bond acceptors (Lipinski definition) is 5. The molecule has 1 heterocycles. The highest BCUT2D eigenvalue weighted by Gasteiger charge is 2.38. The number of carbonyl (C=O) groups is 3. The van der Waals surface area contributed by atoms with Gasteiger partial charge in [0.15, 0.2) is 0 Å². The molecule has 1 aromatic rings. The summed E-state index contributed by atoms with van der Waals surface area (Å²) in [6.45, 7) is 9.82. The number of aromatic carboxylic acids is 1. The zero-order valence-electron chi connectivity index (χ0n) is 21.2. The van der Waals surface area contributed by atoms with E-state index in [1.807, 2.05) is 27.7 Å². The third kappa shape index (κ3) is 7.07. The first-order valence-electron chi connectivity index (χ1n) is 12.0. The second-order valence-electron chi connectivity index (χ2n) is 10.2. The molecule has 0 bridgehead atoms. The minimum absolute atomic E-state index is 0.00629. The van der Waals surface area contributed by atoms with Gasteiger partial charge in [-0.25, -0.2) is 4.79 Å². The topological polar surface area (TPSA) is 98.2 Å². The average molecular weight is 491 g/mol. The van der Waals surface area contributed by atoms with Crippen LogP contribution in [0.3, 0.4) is 0 Å². The first-order valence-corrected chi connectivity index (χ1v) is 12.8. The standard InChI is InChI=1S/C26H38N2O5S/c1-7-20(24(31)27(6)14-15-29)28(23(30)18-10-8-17(2)9-11-18)21-16-19(12-13-26(3,4)5)34-22(21)25(32)33/h16-18,20,29H,7-11,14-15H2,1-6H3,(H,32,33)/t17-,18-,20-/m0/s1. The number of carboxylic acid groups (broad SMARTS) is 1. The van der Waals surface area contributed by atoms with Crippen molar-refractivity contribution in [2.75, 3.05) is 25.1 Å². The lowest BCUT2D eigenvalue weighted by Crippen LogP contribution is -2.52. The first-order chi connectivity index (χ1) is 15.9. The molecule has 8 heteroatoms. The molecule has 0 radical (unpaired) electrons. The van der Waals surface area contributed by atoms with Crippen molar-refractivity contribution in [3.8, 4) is 11.8 Å². The Morgan fingerprint density at radius 1 is 1.21 bits per heavy atom. The molecular weight excluding hydrogens is 452 g/mol. The lowest BCUT2D eigenvalue weighted by atomic mass is 9.82. The van der Waals surface area contributed by atoms with E-state index in [2.05, 4.69) is 18.8 Å². The van der Waals surface area contributed by atoms with Crippen molar-refractivity contribution in [2.45, 2.75) is 72.8 Å². The maximum Gasteiger partial charge on any atom is 0.348 e. The SMILES string of the molecule is CC[C@@H](C(=O)N(C)CCO)N(c1cc(C#CC(C)(C)C)sc1C(=O)O)C(=O)[C@H]1CC[C@H](C)CC1. The van der Waals surface area contributed by atoms with Crippen molar-refractivity contribution in [1.82, 2.24) is 4.90 Å². The van der Waals surface area contributed by atoms with E-state index in [1.165, 1.54) is 9.80 Å². The highest BCUT2D eigenvalue weighted by Crippen LogP contribution is 2.37. The summed E-state index contributed by atoms with van der Waals surface area (Å²) in [6.07, 6.45) is 3.61. The van der Waals surface area contributed by atoms with Crippen molar-refractivity contribution >= 4 is 34.8 Å². The lowest BCUT2D eigenvalue weighted by Gasteiger charge is -2.36. The van der Waals surface area contributed by atoms with Crippen LogP contribution in [0.2, 0.25) is 0 Å². The van der Waals surface area contributed by atoms with Crippen molar-refractivity contribution in [1.29, 1.82) is 0 Å². The predicted octanol–water partition coefficient (Wildman–Crippen LogP) is 4.23. The molecule has 2 amide bonds. The Morgan fingerprint density at radius 2 is 1.82 bits per heavy atom. The van der Waals surface area contributed by atoms with Crippen LogP contribution in [0.1, 0.15) is 81.3 Å². The van der Waals surface area contributed by atoms with Gasteiger partial charge < -0.3 is 15.1 Å². The van der Waals surface area contributed by atoms with Crippen molar-refractivity contribution < 1.29 is 24.6 Å². The number of nitrogens with zero attached hydrogens (tertiary/aromatic N) is 2. The van der Waals surface area contributed by atoms with Crippen LogP contribution in [0.15, 0.2) is 6.07 Å². The summed E-state index contributed by atoms with van der Waals surface area (Å²) in [7, 11) is 1.58. The molecule has 1 saturated carbocycles. The summed E-state index contributed by atoms with van der Waals surface area (Å²) in [5, 5.41) is 19.3. The largest absolute Gasteiger partial charge is 0.477 e. The zero-order valence-corrected chi connectivity index (χ0v) is 22.0. The van der Waals surface area contributed by atoms with Crippen LogP contribution < -0.4 is 4.90 Å². The number of carboxylic acids is 1. The van der Waals surface area contributed by atoms with Crippen LogP contribution in [0.4, 0.5) is 5.69 Å². The van der Waals surface area contributed by atoms with Gasteiger partial charge in [-0.1, -0.05) is 25.7 Å². The van der Waals surface area contributed by atoms with Gasteiger partial charge in [-0.15, -0.1) is 11.3 Å². The third-order valence-electron chi connectivity index (χ3n) is 6.12. The molecule has 0 spiro atoms. The Balaban J connectivity index is 2.61. The van der Waals surface area contributed by atoms with Crippen molar-refractivity contribution in [3.63, 3.8) is 0 Å². The molecular formula is C26H38N2O5S. The van der Waals surface area contributed by atoms with E-state index in [4.69, 9.17) is 0 Å². The first kappa shape index (κ1) is 27.9. The number of hydrogen-bond donors (Lipinski definition) is 2. The fourth-order valence-electron chi connectivity index (χ4n) is 4.15. The second kappa shape index (κ2) is 11.9. The molecule has 34 heavy (non-hydrogen) atoms. The zero-order chi connectivity index (χ0) is 25.6. The highest BCUT2D eigenvalue weighted by atomic mass is 32.1. The van der Waals surface area contributed by atoms with Crippen molar-refractivity contribution in [3.05, 3.63) is 15.8 Å². The molecule has 188 valence electrons. The fourth-order valence-corrected chi connectivity index (χ4v) is 4.99. The van der Waals surface area contributed by atoms with E-state index >= 15 is 0 Å². The lowest BCUT2D eigenvalue weighted by molar-refractivity contribution is -0.135. The predicted molar refractivity (Wildman–Crippen MR) is 135 cm³/mol. The smallest absolute Gasteiger partial charge is 0.348 e. The van der Waals surface area contributed by atoms with Gasteiger partial charge in [0.25, 0.3) is 0 Å². The minimum Gasteiger partial charge on any atom is -0.477 e. The van der Waals surface area contributed by atoms with Gasteiger partial charge >= 0.3 is 5.97 Å². The van der Waals surface area contributed by atoms with Crippen LogP contribution in [-0.2, 0) is 9.59 Å². The number of carbonyl (C=O) groups excluding carboxylic acids is 2. The monoisotopic (exact) mass is 490 g/mol. The number of aliphatic hydroxyl groups excluding tert-OH is 1. The highest BCUT2D eigenvalue weighted by molar-refractivity contribution is 7.15. The molecule has 0 unspecified atom stereocenters.